The predicted octanol–water partition coefficient (Wildman–Crippen LogP) is 7.34. The Bertz CT molecular complexity index is 1540. The zero-order valence-corrected chi connectivity index (χ0v) is 22.5. The zero-order valence-electron chi connectivity index (χ0n) is 21.8. The first kappa shape index (κ1) is 25.9. The molecule has 6 nitrogen and oxygen atoms in total. The molecule has 3 aromatic carbocycles. The van der Waals surface area contributed by atoms with Crippen LogP contribution in [0.15, 0.2) is 69.9 Å². The van der Waals surface area contributed by atoms with Crippen LogP contribution in [0, 0.1) is 0 Å². The van der Waals surface area contributed by atoms with Gasteiger partial charge in [-0.1, -0.05) is 50.1 Å². The van der Waals surface area contributed by atoms with E-state index in [1.165, 1.54) is 0 Å². The Labute approximate surface area is 226 Å². The number of hydrogen-bond donors (Lipinski definition) is 0. The molecule has 1 aliphatic heterocycles. The third-order valence-electron chi connectivity index (χ3n) is 6.79. The monoisotopic (exact) mass is 531 g/mol. The van der Waals surface area contributed by atoms with Crippen molar-refractivity contribution in [3.05, 3.63) is 98.4 Å². The number of anilines is 1. The number of carbonyl (C=O) groups is 1. The number of halogens is 1. The van der Waals surface area contributed by atoms with Crippen LogP contribution in [0.2, 0.25) is 5.02 Å². The minimum atomic E-state index is -0.714. The Hall–Kier alpha value is -3.77. The topological polar surface area (TPSA) is 69.0 Å². The summed E-state index contributed by atoms with van der Waals surface area (Å²) < 4.78 is 18.0. The maximum atomic E-state index is 13.9. The molecule has 1 atom stereocenters. The molecule has 0 aliphatic carbocycles. The van der Waals surface area contributed by atoms with E-state index >= 15 is 0 Å². The molecular formula is C31H30ClNO5. The van der Waals surface area contributed by atoms with Crippen LogP contribution in [0.25, 0.3) is 11.0 Å². The van der Waals surface area contributed by atoms with Crippen molar-refractivity contribution in [2.24, 2.45) is 0 Å². The summed E-state index contributed by atoms with van der Waals surface area (Å²) in [6.07, 6.45) is 2.82. The molecule has 0 radical (unpaired) electrons. The van der Waals surface area contributed by atoms with E-state index in [1.807, 2.05) is 49.4 Å². The lowest BCUT2D eigenvalue weighted by atomic mass is 9.97. The number of amides is 1. The van der Waals surface area contributed by atoms with Crippen LogP contribution in [0.3, 0.4) is 0 Å². The Kier molecular flexibility index (Phi) is 7.43. The molecule has 2 heterocycles. The molecule has 5 rings (SSSR count). The van der Waals surface area contributed by atoms with Gasteiger partial charge in [0.15, 0.2) is 16.9 Å². The molecule has 0 saturated heterocycles. The summed E-state index contributed by atoms with van der Waals surface area (Å²) in [5.74, 6) is 0.862. The van der Waals surface area contributed by atoms with E-state index in [-0.39, 0.29) is 22.7 Å². The number of fused-ring (bicyclic) bond motifs is 2. The van der Waals surface area contributed by atoms with Crippen molar-refractivity contribution in [3.8, 4) is 11.5 Å². The zero-order chi connectivity index (χ0) is 26.8. The number of carbonyl (C=O) groups excluding carboxylic acids is 1. The van der Waals surface area contributed by atoms with Gasteiger partial charge in [-0.15, -0.1) is 0 Å². The summed E-state index contributed by atoms with van der Waals surface area (Å²) >= 11 is 6.21. The van der Waals surface area contributed by atoms with Crippen LogP contribution in [0.5, 0.6) is 11.5 Å². The van der Waals surface area contributed by atoms with Gasteiger partial charge in [-0.05, 0) is 73.4 Å². The van der Waals surface area contributed by atoms with Gasteiger partial charge in [-0.2, -0.15) is 0 Å². The van der Waals surface area contributed by atoms with Crippen molar-refractivity contribution >= 4 is 34.2 Å². The summed E-state index contributed by atoms with van der Waals surface area (Å²) in [4.78, 5) is 29.4. The molecule has 38 heavy (non-hydrogen) atoms. The predicted molar refractivity (Wildman–Crippen MR) is 150 cm³/mol. The molecule has 1 amide bonds. The first-order valence-corrected chi connectivity index (χ1v) is 13.4. The highest BCUT2D eigenvalue weighted by atomic mass is 35.5. The average Bonchev–Trinajstić information content (AvgIpc) is 3.22. The minimum absolute atomic E-state index is 0.0376. The molecule has 0 saturated carbocycles. The second-order valence-corrected chi connectivity index (χ2v) is 9.69. The van der Waals surface area contributed by atoms with Gasteiger partial charge in [-0.3, -0.25) is 14.5 Å². The van der Waals surface area contributed by atoms with Crippen molar-refractivity contribution in [2.75, 3.05) is 18.1 Å². The number of ether oxygens (including phenoxy) is 2. The van der Waals surface area contributed by atoms with E-state index in [0.717, 1.165) is 30.4 Å². The van der Waals surface area contributed by atoms with Gasteiger partial charge in [0.25, 0.3) is 5.91 Å². The normalized spacial score (nSPS) is 14.7. The van der Waals surface area contributed by atoms with E-state index in [0.29, 0.717) is 46.4 Å². The highest BCUT2D eigenvalue weighted by molar-refractivity contribution is 6.31. The Morgan fingerprint density at radius 1 is 0.921 bits per heavy atom. The maximum absolute atomic E-state index is 13.9. The number of aryl methyl sites for hydroxylation is 1. The number of benzene rings is 3. The number of hydrogen-bond acceptors (Lipinski definition) is 5. The third-order valence-corrected chi connectivity index (χ3v) is 7.03. The Morgan fingerprint density at radius 2 is 1.71 bits per heavy atom. The van der Waals surface area contributed by atoms with Crippen LogP contribution in [-0.2, 0) is 6.42 Å². The lowest BCUT2D eigenvalue weighted by Gasteiger charge is -2.26. The molecule has 196 valence electrons. The molecule has 4 aromatic rings. The summed E-state index contributed by atoms with van der Waals surface area (Å²) in [7, 11) is 0. The number of rotatable bonds is 9. The quantitative estimate of drug-likeness (QED) is 0.211. The highest BCUT2D eigenvalue weighted by Crippen LogP contribution is 2.43. The van der Waals surface area contributed by atoms with Crippen LogP contribution >= 0.6 is 11.6 Å². The van der Waals surface area contributed by atoms with Crippen LogP contribution in [-0.4, -0.2) is 19.1 Å². The lowest BCUT2D eigenvalue weighted by Crippen LogP contribution is -2.29. The van der Waals surface area contributed by atoms with Gasteiger partial charge in [-0.25, -0.2) is 0 Å². The minimum Gasteiger partial charge on any atom is -0.490 e. The molecule has 7 heteroatoms. The molecular weight excluding hydrogens is 502 g/mol. The first-order chi connectivity index (χ1) is 18.5. The molecule has 1 aliphatic rings. The lowest BCUT2D eigenvalue weighted by molar-refractivity contribution is 0.0971. The van der Waals surface area contributed by atoms with Crippen molar-refractivity contribution in [3.63, 3.8) is 0 Å². The van der Waals surface area contributed by atoms with Crippen molar-refractivity contribution < 1.29 is 18.7 Å². The summed E-state index contributed by atoms with van der Waals surface area (Å²) in [5, 5.41) is 0.756. The molecule has 0 spiro atoms. The molecule has 0 fully saturated rings. The SMILES string of the molecule is CCCCOc1ccc(C2c3c(oc4ccc(Cl)cc4c3=O)C(=O)N2c2ccc(CC)cc2)cc1OCC. The Balaban J connectivity index is 1.71. The van der Waals surface area contributed by atoms with Gasteiger partial charge >= 0.3 is 0 Å². The molecule has 0 bridgehead atoms. The standard InChI is InChI=1S/C31H30ClNO5/c1-4-7-16-37-25-14-10-20(17-26(25)36-6-3)28-27-29(34)23-18-21(32)11-15-24(23)38-30(27)31(35)33(28)22-12-8-19(5-2)9-13-22/h8-15,17-18,28H,4-7,16H2,1-3H3. The fraction of sp³-hybridized carbons (Fsp3) is 0.290. The fourth-order valence-electron chi connectivity index (χ4n) is 4.83. The van der Waals surface area contributed by atoms with Gasteiger partial charge in [0.05, 0.1) is 30.2 Å². The first-order valence-electron chi connectivity index (χ1n) is 13.0. The van der Waals surface area contributed by atoms with E-state index in [4.69, 9.17) is 25.5 Å². The van der Waals surface area contributed by atoms with Crippen molar-refractivity contribution in [1.29, 1.82) is 0 Å². The van der Waals surface area contributed by atoms with Gasteiger partial charge in [0.1, 0.15) is 5.58 Å². The summed E-state index contributed by atoms with van der Waals surface area (Å²) in [5.41, 5.74) is 2.87. The molecule has 1 unspecified atom stereocenters. The van der Waals surface area contributed by atoms with E-state index in [1.54, 1.807) is 23.1 Å². The van der Waals surface area contributed by atoms with Crippen LogP contribution in [0.4, 0.5) is 5.69 Å². The van der Waals surface area contributed by atoms with E-state index in [2.05, 4.69) is 13.8 Å². The smallest absolute Gasteiger partial charge is 0.295 e. The van der Waals surface area contributed by atoms with Crippen LogP contribution in [0.1, 0.15) is 66.9 Å². The molecule has 0 N–H and O–H groups in total. The van der Waals surface area contributed by atoms with E-state index in [9.17, 15) is 9.59 Å². The molecule has 1 aromatic heterocycles. The van der Waals surface area contributed by atoms with Gasteiger partial charge < -0.3 is 13.9 Å². The summed E-state index contributed by atoms with van der Waals surface area (Å²) in [6.45, 7) is 7.11. The largest absolute Gasteiger partial charge is 0.490 e. The van der Waals surface area contributed by atoms with E-state index < -0.39 is 6.04 Å². The van der Waals surface area contributed by atoms with Crippen LogP contribution < -0.4 is 19.8 Å². The van der Waals surface area contributed by atoms with Crippen molar-refractivity contribution in [2.45, 2.75) is 46.1 Å². The average molecular weight is 532 g/mol. The summed E-state index contributed by atoms with van der Waals surface area (Å²) in [6, 6.07) is 17.5. The second kappa shape index (κ2) is 10.9. The van der Waals surface area contributed by atoms with Gasteiger partial charge in [0.2, 0.25) is 5.76 Å². The van der Waals surface area contributed by atoms with Gasteiger partial charge in [0, 0.05) is 10.7 Å². The second-order valence-electron chi connectivity index (χ2n) is 9.25. The van der Waals surface area contributed by atoms with Crippen molar-refractivity contribution in [1.82, 2.24) is 0 Å². The number of nitrogens with zero attached hydrogens (tertiary/aromatic N) is 1. The third kappa shape index (κ3) is 4.65. The maximum Gasteiger partial charge on any atom is 0.295 e. The fourth-order valence-corrected chi connectivity index (χ4v) is 5.00. The Morgan fingerprint density at radius 3 is 2.42 bits per heavy atom. The number of unbranched alkanes of at least 4 members (excludes halogenated alkanes) is 1. The highest BCUT2D eigenvalue weighted by Gasteiger charge is 2.44.